The lowest BCUT2D eigenvalue weighted by Gasteiger charge is -2.37. The predicted octanol–water partition coefficient (Wildman–Crippen LogP) is 2.99. The average molecular weight is 489 g/mol. The van der Waals surface area contributed by atoms with Crippen LogP contribution >= 0.6 is 0 Å². The standard InChI is InChI=1S/C25H27F3N4O3/c1-17-6-8-18(9-7-17)14-23(34)31-12-10-30(11-13-31)16-24(35)32-20-5-3-2-4-19(20)29-22(33)15-21(32)25(26,27)28/h2-9,21H,10-16H2,1H3,(H,29,33). The number of piperazine rings is 1. The molecule has 1 N–H and O–H groups in total. The first kappa shape index (κ1) is 24.7. The van der Waals surface area contributed by atoms with Crippen LogP contribution in [0, 0.1) is 6.92 Å². The monoisotopic (exact) mass is 488 g/mol. The molecule has 4 rings (SSSR count). The summed E-state index contributed by atoms with van der Waals surface area (Å²) in [5.74, 6) is -1.56. The number of fused-ring (bicyclic) bond motifs is 1. The number of aryl methyl sites for hydroxylation is 1. The zero-order valence-electron chi connectivity index (χ0n) is 19.3. The minimum atomic E-state index is -4.77. The van der Waals surface area contributed by atoms with Gasteiger partial charge in [-0.05, 0) is 24.6 Å². The maximum Gasteiger partial charge on any atom is 0.409 e. The number of carbonyl (C=O) groups is 3. The van der Waals surface area contributed by atoms with Gasteiger partial charge in [-0.2, -0.15) is 13.2 Å². The number of rotatable bonds is 4. The third kappa shape index (κ3) is 5.82. The zero-order chi connectivity index (χ0) is 25.2. The van der Waals surface area contributed by atoms with Gasteiger partial charge in [0, 0.05) is 26.2 Å². The number of amides is 3. The highest BCUT2D eigenvalue weighted by Crippen LogP contribution is 2.37. The van der Waals surface area contributed by atoms with Crippen molar-refractivity contribution < 1.29 is 27.6 Å². The molecule has 0 radical (unpaired) electrons. The summed E-state index contributed by atoms with van der Waals surface area (Å²) < 4.78 is 41.7. The van der Waals surface area contributed by atoms with Crippen LogP contribution in [0.25, 0.3) is 0 Å². The van der Waals surface area contributed by atoms with Gasteiger partial charge >= 0.3 is 6.18 Å². The van der Waals surface area contributed by atoms with Crippen molar-refractivity contribution in [1.29, 1.82) is 0 Å². The molecule has 1 fully saturated rings. The molecule has 0 aromatic heterocycles. The molecule has 2 aromatic carbocycles. The molecule has 186 valence electrons. The van der Waals surface area contributed by atoms with Crippen molar-refractivity contribution in [3.8, 4) is 0 Å². The van der Waals surface area contributed by atoms with E-state index in [1.807, 2.05) is 31.2 Å². The molecule has 2 heterocycles. The molecule has 35 heavy (non-hydrogen) atoms. The minimum Gasteiger partial charge on any atom is -0.340 e. The van der Waals surface area contributed by atoms with E-state index in [1.165, 1.54) is 18.2 Å². The normalized spacial score (nSPS) is 19.1. The van der Waals surface area contributed by atoms with E-state index < -0.39 is 30.5 Å². The van der Waals surface area contributed by atoms with Crippen LogP contribution in [-0.2, 0) is 20.8 Å². The van der Waals surface area contributed by atoms with Crippen molar-refractivity contribution in [2.45, 2.75) is 32.0 Å². The summed E-state index contributed by atoms with van der Waals surface area (Å²) in [5, 5.41) is 2.46. The molecule has 0 bridgehead atoms. The van der Waals surface area contributed by atoms with Crippen molar-refractivity contribution in [3.63, 3.8) is 0 Å². The van der Waals surface area contributed by atoms with Crippen LogP contribution in [0.2, 0.25) is 0 Å². The van der Waals surface area contributed by atoms with Crippen molar-refractivity contribution in [2.24, 2.45) is 0 Å². The van der Waals surface area contributed by atoms with Gasteiger partial charge in [0.15, 0.2) is 0 Å². The van der Waals surface area contributed by atoms with Crippen LogP contribution in [0.1, 0.15) is 17.5 Å². The zero-order valence-corrected chi connectivity index (χ0v) is 19.3. The van der Waals surface area contributed by atoms with Crippen molar-refractivity contribution >= 4 is 29.1 Å². The van der Waals surface area contributed by atoms with Crippen LogP contribution < -0.4 is 10.2 Å². The Kier molecular flexibility index (Phi) is 7.11. The van der Waals surface area contributed by atoms with Crippen LogP contribution in [0.5, 0.6) is 0 Å². The number of halogens is 3. The lowest BCUT2D eigenvalue weighted by Crippen LogP contribution is -2.55. The fraction of sp³-hybridized carbons (Fsp3) is 0.400. The van der Waals surface area contributed by atoms with E-state index in [4.69, 9.17) is 0 Å². The third-order valence-corrected chi connectivity index (χ3v) is 6.33. The van der Waals surface area contributed by atoms with Crippen molar-refractivity contribution in [2.75, 3.05) is 42.9 Å². The SMILES string of the molecule is Cc1ccc(CC(=O)N2CCN(CC(=O)N3c4ccccc4NC(=O)CC3C(F)(F)F)CC2)cc1. The smallest absolute Gasteiger partial charge is 0.340 e. The second-order valence-electron chi connectivity index (χ2n) is 8.91. The molecule has 2 aliphatic rings. The number of benzene rings is 2. The van der Waals surface area contributed by atoms with Gasteiger partial charge in [-0.25, -0.2) is 0 Å². The Morgan fingerprint density at radius 3 is 2.29 bits per heavy atom. The van der Waals surface area contributed by atoms with Crippen molar-refractivity contribution in [3.05, 3.63) is 59.7 Å². The fourth-order valence-electron chi connectivity index (χ4n) is 4.41. The van der Waals surface area contributed by atoms with Crippen LogP contribution in [-0.4, -0.2) is 72.5 Å². The molecule has 0 aliphatic carbocycles. The Hall–Kier alpha value is -3.40. The molecule has 1 unspecified atom stereocenters. The molecule has 10 heteroatoms. The molecule has 1 atom stereocenters. The number of alkyl halides is 3. The van der Waals surface area contributed by atoms with Gasteiger partial charge in [0.25, 0.3) is 0 Å². The van der Waals surface area contributed by atoms with E-state index in [0.29, 0.717) is 31.1 Å². The topological polar surface area (TPSA) is 73.0 Å². The Morgan fingerprint density at radius 1 is 0.971 bits per heavy atom. The van der Waals surface area contributed by atoms with Gasteiger partial charge in [0.1, 0.15) is 6.04 Å². The average Bonchev–Trinajstić information content (AvgIpc) is 2.96. The molecular formula is C25H27F3N4O3. The van der Waals surface area contributed by atoms with Gasteiger partial charge in [0.05, 0.1) is 30.8 Å². The fourth-order valence-corrected chi connectivity index (χ4v) is 4.41. The van der Waals surface area contributed by atoms with Gasteiger partial charge in [0.2, 0.25) is 17.7 Å². The first-order chi connectivity index (χ1) is 16.6. The highest BCUT2D eigenvalue weighted by molar-refractivity contribution is 6.05. The van der Waals surface area contributed by atoms with Crippen LogP contribution in [0.3, 0.4) is 0 Å². The lowest BCUT2D eigenvalue weighted by atomic mass is 10.1. The minimum absolute atomic E-state index is 0.0250. The molecule has 0 saturated carbocycles. The summed E-state index contributed by atoms with van der Waals surface area (Å²) >= 11 is 0. The van der Waals surface area contributed by atoms with Gasteiger partial charge in [-0.1, -0.05) is 42.0 Å². The van der Waals surface area contributed by atoms with E-state index in [9.17, 15) is 27.6 Å². The second kappa shape index (κ2) is 10.1. The molecular weight excluding hydrogens is 461 g/mol. The number of hydrogen-bond acceptors (Lipinski definition) is 4. The van der Waals surface area contributed by atoms with Gasteiger partial charge in [-0.3, -0.25) is 24.2 Å². The summed E-state index contributed by atoms with van der Waals surface area (Å²) in [7, 11) is 0. The highest BCUT2D eigenvalue weighted by Gasteiger charge is 2.49. The number of hydrogen-bond donors (Lipinski definition) is 1. The van der Waals surface area contributed by atoms with Crippen LogP contribution in [0.4, 0.5) is 24.5 Å². The number of nitrogens with one attached hydrogen (secondary N) is 1. The summed E-state index contributed by atoms with van der Waals surface area (Å²) in [6, 6.07) is 11.5. The van der Waals surface area contributed by atoms with E-state index >= 15 is 0 Å². The lowest BCUT2D eigenvalue weighted by molar-refractivity contribution is -0.158. The summed E-state index contributed by atoms with van der Waals surface area (Å²) in [5.41, 5.74) is 2.22. The van der Waals surface area contributed by atoms with E-state index in [2.05, 4.69) is 5.32 Å². The van der Waals surface area contributed by atoms with E-state index in [1.54, 1.807) is 15.9 Å². The number of para-hydroxylation sites is 2. The summed E-state index contributed by atoms with van der Waals surface area (Å²) in [6.07, 6.45) is -5.37. The Balaban J connectivity index is 1.42. The Labute approximate surface area is 201 Å². The molecule has 2 aromatic rings. The first-order valence-electron chi connectivity index (χ1n) is 11.4. The predicted molar refractivity (Wildman–Crippen MR) is 125 cm³/mol. The highest BCUT2D eigenvalue weighted by atomic mass is 19.4. The van der Waals surface area contributed by atoms with E-state index in [0.717, 1.165) is 11.1 Å². The summed E-state index contributed by atoms with van der Waals surface area (Å²) in [4.78, 5) is 42.1. The molecule has 3 amide bonds. The van der Waals surface area contributed by atoms with Crippen LogP contribution in [0.15, 0.2) is 48.5 Å². The summed E-state index contributed by atoms with van der Waals surface area (Å²) in [6.45, 7) is 3.24. The number of carbonyl (C=O) groups excluding carboxylic acids is 3. The van der Waals surface area contributed by atoms with Gasteiger partial charge in [-0.15, -0.1) is 0 Å². The Morgan fingerprint density at radius 2 is 1.63 bits per heavy atom. The largest absolute Gasteiger partial charge is 0.409 e. The van der Waals surface area contributed by atoms with Crippen molar-refractivity contribution in [1.82, 2.24) is 9.80 Å². The molecule has 2 aliphatic heterocycles. The van der Waals surface area contributed by atoms with Gasteiger partial charge < -0.3 is 10.2 Å². The van der Waals surface area contributed by atoms with E-state index in [-0.39, 0.29) is 30.2 Å². The maximum absolute atomic E-state index is 13.9. The number of anilines is 2. The Bertz CT molecular complexity index is 1100. The quantitative estimate of drug-likeness (QED) is 0.719. The molecule has 7 nitrogen and oxygen atoms in total. The molecule has 1 saturated heterocycles. The number of nitrogens with zero attached hydrogens (tertiary/aromatic N) is 3. The molecule has 0 spiro atoms. The first-order valence-corrected chi connectivity index (χ1v) is 11.4. The maximum atomic E-state index is 13.9. The third-order valence-electron chi connectivity index (χ3n) is 6.33. The second-order valence-corrected chi connectivity index (χ2v) is 8.91.